The van der Waals surface area contributed by atoms with E-state index in [1.807, 2.05) is 40.9 Å². The van der Waals surface area contributed by atoms with Gasteiger partial charge >= 0.3 is 5.97 Å². The highest BCUT2D eigenvalue weighted by molar-refractivity contribution is 5.90. The maximum atomic E-state index is 15.4. The molecule has 46 heavy (non-hydrogen) atoms. The Morgan fingerprint density at radius 1 is 0.870 bits per heavy atom. The highest BCUT2D eigenvalue weighted by Gasteiger charge is 2.39. The first-order valence-electron chi connectivity index (χ1n) is 15.2. The summed E-state index contributed by atoms with van der Waals surface area (Å²) in [5, 5.41) is 0. The van der Waals surface area contributed by atoms with Crippen LogP contribution in [0.4, 0.5) is 4.39 Å². The Morgan fingerprint density at radius 3 is 1.96 bits per heavy atom. The lowest BCUT2D eigenvalue weighted by Crippen LogP contribution is -2.43. The van der Waals surface area contributed by atoms with Crippen LogP contribution in [0.5, 0.6) is 0 Å². The fourth-order valence-electron chi connectivity index (χ4n) is 6.16. The van der Waals surface area contributed by atoms with Gasteiger partial charge in [-0.2, -0.15) is 0 Å². The number of hydrogen-bond acceptors (Lipinski definition) is 5. The molecule has 0 saturated carbocycles. The number of imidazole rings is 1. The van der Waals surface area contributed by atoms with E-state index in [-0.39, 0.29) is 18.7 Å². The van der Waals surface area contributed by atoms with E-state index in [1.54, 1.807) is 25.3 Å². The van der Waals surface area contributed by atoms with Crippen molar-refractivity contribution < 1.29 is 13.9 Å². The predicted octanol–water partition coefficient (Wildman–Crippen LogP) is 7.54. The first kappa shape index (κ1) is 30.5. The molecule has 0 aliphatic rings. The zero-order chi connectivity index (χ0) is 32.1. The molecule has 0 bridgehead atoms. The number of pyridine rings is 1. The number of halogens is 1. The first-order chi connectivity index (χ1) is 22.5. The van der Waals surface area contributed by atoms with Crippen LogP contribution >= 0.6 is 0 Å². The molecule has 0 amide bonds. The van der Waals surface area contributed by atoms with Crippen LogP contribution in [0.2, 0.25) is 0 Å². The first-order valence-corrected chi connectivity index (χ1v) is 15.2. The molecule has 6 rings (SSSR count). The van der Waals surface area contributed by atoms with Gasteiger partial charge < -0.3 is 15.4 Å². The van der Waals surface area contributed by atoms with E-state index < -0.39 is 17.3 Å². The summed E-state index contributed by atoms with van der Waals surface area (Å²) < 4.78 is 22.2. The summed E-state index contributed by atoms with van der Waals surface area (Å²) >= 11 is 0. The Kier molecular flexibility index (Phi) is 8.76. The Labute approximate surface area is 268 Å². The average Bonchev–Trinajstić information content (AvgIpc) is 3.52. The fraction of sp³-hybridized carbons (Fsp3) is 0.128. The molecule has 0 unspecified atom stereocenters. The van der Waals surface area contributed by atoms with E-state index in [0.29, 0.717) is 16.9 Å². The number of fused-ring (bicyclic) bond motifs is 1. The number of rotatable bonds is 10. The molecule has 0 spiro atoms. The van der Waals surface area contributed by atoms with Gasteiger partial charge in [-0.15, -0.1) is 0 Å². The van der Waals surface area contributed by atoms with Crippen LogP contribution in [-0.4, -0.2) is 40.5 Å². The Hall–Kier alpha value is -5.53. The largest absolute Gasteiger partial charge is 0.462 e. The number of nitrogens with zero attached hydrogens (tertiary/aromatic N) is 3. The third kappa shape index (κ3) is 5.57. The molecule has 0 aliphatic carbocycles. The number of ether oxygens (including phenoxy) is 1. The number of hydrogen-bond donors (Lipinski definition) is 1. The predicted molar refractivity (Wildman–Crippen MR) is 181 cm³/mol. The van der Waals surface area contributed by atoms with Crippen molar-refractivity contribution in [3.05, 3.63) is 174 Å². The van der Waals surface area contributed by atoms with Gasteiger partial charge in [-0.05, 0) is 65.1 Å². The third-order valence-electron chi connectivity index (χ3n) is 8.31. The molecule has 230 valence electrons. The van der Waals surface area contributed by atoms with Gasteiger partial charge in [-0.1, -0.05) is 91.0 Å². The lowest BCUT2D eigenvalue weighted by Gasteiger charge is -2.43. The second-order valence-electron chi connectivity index (χ2n) is 11.0. The summed E-state index contributed by atoms with van der Waals surface area (Å²) in [6.45, 7) is 2.19. The second kappa shape index (κ2) is 13.2. The van der Waals surface area contributed by atoms with Gasteiger partial charge in [-0.25, -0.2) is 14.2 Å². The van der Waals surface area contributed by atoms with Crippen LogP contribution in [-0.2, 0) is 10.3 Å². The topological polar surface area (TPSA) is 72.9 Å². The van der Waals surface area contributed by atoms with Crippen molar-refractivity contribution in [2.24, 2.45) is 5.73 Å². The van der Waals surface area contributed by atoms with Gasteiger partial charge in [0.05, 0.1) is 24.1 Å². The number of aromatic nitrogens is 2. The molecule has 6 aromatic rings. The van der Waals surface area contributed by atoms with E-state index in [4.69, 9.17) is 10.5 Å². The number of carbonyl (C=O) groups excluding carboxylic acids is 1. The third-order valence-corrected chi connectivity index (χ3v) is 8.31. The molecule has 0 fully saturated rings. The molecule has 7 heteroatoms. The maximum Gasteiger partial charge on any atom is 0.338 e. The molecular formula is C39H35FN4O2. The summed E-state index contributed by atoms with van der Waals surface area (Å²) in [6, 6.07) is 39.6. The highest BCUT2D eigenvalue weighted by atomic mass is 19.1. The van der Waals surface area contributed by atoms with E-state index in [1.165, 1.54) is 6.07 Å². The van der Waals surface area contributed by atoms with Gasteiger partial charge in [-0.3, -0.25) is 4.40 Å². The van der Waals surface area contributed by atoms with Gasteiger partial charge in [0.15, 0.2) is 0 Å². The van der Waals surface area contributed by atoms with Crippen LogP contribution in [0.1, 0.15) is 39.5 Å². The van der Waals surface area contributed by atoms with Crippen molar-refractivity contribution in [1.29, 1.82) is 0 Å². The quantitative estimate of drug-likeness (QED) is 0.128. The minimum Gasteiger partial charge on any atom is -0.462 e. The van der Waals surface area contributed by atoms with E-state index in [2.05, 4.69) is 95.9 Å². The van der Waals surface area contributed by atoms with Crippen molar-refractivity contribution in [3.63, 3.8) is 0 Å². The second-order valence-corrected chi connectivity index (χ2v) is 11.0. The smallest absolute Gasteiger partial charge is 0.338 e. The minimum absolute atomic E-state index is 0.160. The summed E-state index contributed by atoms with van der Waals surface area (Å²) in [6.07, 6.45) is 5.66. The van der Waals surface area contributed by atoms with Crippen molar-refractivity contribution in [2.45, 2.75) is 12.5 Å². The van der Waals surface area contributed by atoms with Crippen molar-refractivity contribution in [1.82, 2.24) is 14.3 Å². The van der Waals surface area contributed by atoms with Crippen molar-refractivity contribution in [2.75, 3.05) is 20.2 Å². The van der Waals surface area contributed by atoms with E-state index in [9.17, 15) is 4.79 Å². The average molecular weight is 611 g/mol. The zero-order valence-corrected chi connectivity index (χ0v) is 25.8. The molecule has 0 saturated heterocycles. The van der Waals surface area contributed by atoms with Gasteiger partial charge in [0, 0.05) is 31.6 Å². The monoisotopic (exact) mass is 610 g/mol. The number of benzene rings is 4. The van der Waals surface area contributed by atoms with Crippen LogP contribution in [0, 0.1) is 5.82 Å². The van der Waals surface area contributed by atoms with Crippen LogP contribution in [0.3, 0.4) is 0 Å². The maximum absolute atomic E-state index is 15.4. The highest BCUT2D eigenvalue weighted by Crippen LogP contribution is 2.42. The van der Waals surface area contributed by atoms with Gasteiger partial charge in [0.1, 0.15) is 17.0 Å². The molecule has 0 aliphatic heterocycles. The lowest BCUT2D eigenvalue weighted by atomic mass is 9.76. The standard InChI is InChI=1S/C39H35FN4O2/c1-3-46-38(45)28-19-21-34(35(40)23-28)36-25-42-37-22-20-29(27-44(36)37)30(24-41)26-43(2)39(31-13-7-4-8-14-31,32-15-9-5-10-16-32)33-17-11-6-12-18-33/h4-23,25-27H,3,24,41H2,1-2H3/b30-26+. The molecule has 2 heterocycles. The van der Waals surface area contributed by atoms with Crippen LogP contribution in [0.15, 0.2) is 140 Å². The molecule has 0 atom stereocenters. The molecule has 2 N–H and O–H groups in total. The fourth-order valence-corrected chi connectivity index (χ4v) is 6.16. The summed E-state index contributed by atoms with van der Waals surface area (Å²) in [5.74, 6) is -1.10. The molecule has 4 aromatic carbocycles. The van der Waals surface area contributed by atoms with E-state index >= 15 is 4.39 Å². The molecule has 0 radical (unpaired) electrons. The van der Waals surface area contributed by atoms with Crippen molar-refractivity contribution in [3.8, 4) is 11.3 Å². The van der Waals surface area contributed by atoms with Crippen LogP contribution < -0.4 is 5.73 Å². The van der Waals surface area contributed by atoms with Gasteiger partial charge in [0.25, 0.3) is 0 Å². The minimum atomic E-state index is -0.668. The SMILES string of the molecule is CCOC(=O)c1ccc(-c2cnc3ccc(/C(=C/N(C)C(c4ccccc4)(c4ccccc4)c4ccccc4)CN)cn23)c(F)c1. The Morgan fingerprint density at radius 2 is 1.43 bits per heavy atom. The number of esters is 1. The Balaban J connectivity index is 1.47. The summed E-state index contributed by atoms with van der Waals surface area (Å²) in [7, 11) is 2.07. The summed E-state index contributed by atoms with van der Waals surface area (Å²) in [5.41, 5.74) is 12.6. The van der Waals surface area contributed by atoms with Crippen LogP contribution in [0.25, 0.3) is 22.5 Å². The molecule has 2 aromatic heterocycles. The number of nitrogens with two attached hydrogens (primary N) is 1. The normalized spacial score (nSPS) is 11.9. The molecule has 6 nitrogen and oxygen atoms in total. The summed E-state index contributed by atoms with van der Waals surface area (Å²) in [4.78, 5) is 18.9. The Bertz CT molecular complexity index is 1890. The van der Waals surface area contributed by atoms with E-state index in [0.717, 1.165) is 27.8 Å². The van der Waals surface area contributed by atoms with Gasteiger partial charge in [0.2, 0.25) is 0 Å². The molecular weight excluding hydrogens is 575 g/mol. The van der Waals surface area contributed by atoms with Crippen molar-refractivity contribution >= 4 is 17.2 Å². The zero-order valence-electron chi connectivity index (χ0n) is 25.8. The lowest BCUT2D eigenvalue weighted by molar-refractivity contribution is 0.0526. The number of carbonyl (C=O) groups is 1.